The van der Waals surface area contributed by atoms with E-state index in [1.807, 2.05) is 25.1 Å². The topological polar surface area (TPSA) is 84.2 Å². The van der Waals surface area contributed by atoms with Crippen LogP contribution in [0.3, 0.4) is 0 Å². The summed E-state index contributed by atoms with van der Waals surface area (Å²) in [5.41, 5.74) is 1.87. The lowest BCUT2D eigenvalue weighted by Crippen LogP contribution is -2.26. The Morgan fingerprint density at radius 1 is 1.26 bits per heavy atom. The second-order valence-electron chi connectivity index (χ2n) is 5.06. The van der Waals surface area contributed by atoms with Crippen molar-refractivity contribution in [2.45, 2.75) is 22.0 Å². The molecule has 1 atom stereocenters. The van der Waals surface area contributed by atoms with Crippen LogP contribution in [0.2, 0.25) is 0 Å². The van der Waals surface area contributed by atoms with E-state index in [0.29, 0.717) is 16.9 Å². The predicted molar refractivity (Wildman–Crippen MR) is 94.8 cm³/mol. The zero-order valence-electron chi connectivity index (χ0n) is 12.3. The molecule has 1 unspecified atom stereocenters. The van der Waals surface area contributed by atoms with Gasteiger partial charge in [-0.05, 0) is 61.3 Å². The first-order valence-electron chi connectivity index (χ1n) is 6.96. The molecule has 0 radical (unpaired) electrons. The van der Waals surface area contributed by atoms with E-state index in [2.05, 4.69) is 10.6 Å². The maximum absolute atomic E-state index is 12.3. The number of nitrogens with one attached hydrogen (secondary N) is 2. The van der Waals surface area contributed by atoms with Crippen molar-refractivity contribution in [1.29, 1.82) is 0 Å². The standard InChI is InChI=1S/C16H15N3O2S2/c1-9-15(20)19-13-8-10(2-7-14(13)22-9)16(21)18-11-3-5-12(23-17)6-4-11/h2-9H,17H2,1H3,(H,18,21)(H,19,20). The van der Waals surface area contributed by atoms with Crippen LogP contribution in [-0.2, 0) is 4.79 Å². The maximum atomic E-state index is 12.3. The van der Waals surface area contributed by atoms with Crippen LogP contribution in [0.5, 0.6) is 0 Å². The molecule has 7 heteroatoms. The summed E-state index contributed by atoms with van der Waals surface area (Å²) >= 11 is 2.64. The number of amides is 2. The van der Waals surface area contributed by atoms with E-state index < -0.39 is 0 Å². The first-order chi connectivity index (χ1) is 11.1. The van der Waals surface area contributed by atoms with E-state index >= 15 is 0 Å². The van der Waals surface area contributed by atoms with Crippen LogP contribution in [0, 0.1) is 0 Å². The Morgan fingerprint density at radius 2 is 2.00 bits per heavy atom. The number of hydrogen-bond acceptors (Lipinski definition) is 5. The molecule has 5 nitrogen and oxygen atoms in total. The average molecular weight is 345 g/mol. The third-order valence-electron chi connectivity index (χ3n) is 3.42. The lowest BCUT2D eigenvalue weighted by atomic mass is 10.1. The highest BCUT2D eigenvalue weighted by Crippen LogP contribution is 2.36. The molecule has 118 valence electrons. The summed E-state index contributed by atoms with van der Waals surface area (Å²) in [5.74, 6) is -0.270. The minimum atomic E-state index is -0.223. The SMILES string of the molecule is CC1Sc2ccc(C(=O)Nc3ccc(SN)cc3)cc2NC1=O. The van der Waals surface area contributed by atoms with Crippen molar-refractivity contribution in [3.63, 3.8) is 0 Å². The third kappa shape index (κ3) is 3.52. The van der Waals surface area contributed by atoms with Crippen molar-refractivity contribution >= 4 is 46.9 Å². The minimum absolute atomic E-state index is 0.0464. The molecule has 1 aliphatic rings. The van der Waals surface area contributed by atoms with Gasteiger partial charge in [0.05, 0.1) is 10.9 Å². The van der Waals surface area contributed by atoms with Gasteiger partial charge in [-0.3, -0.25) is 14.7 Å². The fraction of sp³-hybridized carbons (Fsp3) is 0.125. The smallest absolute Gasteiger partial charge is 0.255 e. The number of nitrogens with two attached hydrogens (primary N) is 1. The predicted octanol–water partition coefficient (Wildman–Crippen LogP) is 3.34. The van der Waals surface area contributed by atoms with Crippen LogP contribution in [0.15, 0.2) is 52.3 Å². The van der Waals surface area contributed by atoms with Gasteiger partial charge in [0.2, 0.25) is 5.91 Å². The van der Waals surface area contributed by atoms with Gasteiger partial charge in [0, 0.05) is 21.0 Å². The molecule has 23 heavy (non-hydrogen) atoms. The molecule has 0 aromatic heterocycles. The summed E-state index contributed by atoms with van der Waals surface area (Å²) in [6.07, 6.45) is 0. The van der Waals surface area contributed by atoms with Gasteiger partial charge >= 0.3 is 0 Å². The second-order valence-corrected chi connectivity index (χ2v) is 7.15. The summed E-state index contributed by atoms with van der Waals surface area (Å²) in [6, 6.07) is 12.6. The van der Waals surface area contributed by atoms with Crippen molar-refractivity contribution in [3.8, 4) is 0 Å². The summed E-state index contributed by atoms with van der Waals surface area (Å²) in [7, 11) is 0. The number of benzene rings is 2. The van der Waals surface area contributed by atoms with E-state index in [1.54, 1.807) is 24.3 Å². The number of fused-ring (bicyclic) bond motifs is 1. The summed E-state index contributed by atoms with van der Waals surface area (Å²) in [5, 5.41) is 11.0. The van der Waals surface area contributed by atoms with Gasteiger partial charge in [-0.25, -0.2) is 0 Å². The molecule has 1 aliphatic heterocycles. The number of carbonyl (C=O) groups is 2. The van der Waals surface area contributed by atoms with Gasteiger partial charge in [-0.15, -0.1) is 11.8 Å². The molecule has 1 heterocycles. The Bertz CT molecular complexity index is 762. The van der Waals surface area contributed by atoms with Crippen molar-refractivity contribution in [2.24, 2.45) is 5.14 Å². The maximum Gasteiger partial charge on any atom is 0.255 e. The Hall–Kier alpha value is -1.96. The molecule has 0 saturated heterocycles. The van der Waals surface area contributed by atoms with E-state index in [-0.39, 0.29) is 17.1 Å². The van der Waals surface area contributed by atoms with Crippen LogP contribution in [0.25, 0.3) is 0 Å². The van der Waals surface area contributed by atoms with Crippen LogP contribution < -0.4 is 15.8 Å². The monoisotopic (exact) mass is 345 g/mol. The van der Waals surface area contributed by atoms with E-state index in [4.69, 9.17) is 5.14 Å². The second kappa shape index (κ2) is 6.66. The van der Waals surface area contributed by atoms with Crippen molar-refractivity contribution in [3.05, 3.63) is 48.0 Å². The Kier molecular flexibility index (Phi) is 4.61. The number of rotatable bonds is 3. The van der Waals surface area contributed by atoms with E-state index in [0.717, 1.165) is 21.7 Å². The van der Waals surface area contributed by atoms with Crippen molar-refractivity contribution in [1.82, 2.24) is 0 Å². The molecular weight excluding hydrogens is 330 g/mol. The largest absolute Gasteiger partial charge is 0.324 e. The van der Waals surface area contributed by atoms with Gasteiger partial charge in [-0.1, -0.05) is 0 Å². The average Bonchev–Trinajstić information content (AvgIpc) is 2.56. The molecule has 3 rings (SSSR count). The molecule has 4 N–H and O–H groups in total. The fourth-order valence-corrected chi connectivity index (χ4v) is 3.39. The Balaban J connectivity index is 1.77. The first kappa shape index (κ1) is 15.9. The molecule has 0 bridgehead atoms. The summed E-state index contributed by atoms with van der Waals surface area (Å²) < 4.78 is 0. The number of hydrogen-bond donors (Lipinski definition) is 3. The normalized spacial score (nSPS) is 16.4. The molecule has 2 aromatic carbocycles. The van der Waals surface area contributed by atoms with Gasteiger partial charge in [0.1, 0.15) is 0 Å². The minimum Gasteiger partial charge on any atom is -0.324 e. The Morgan fingerprint density at radius 3 is 2.70 bits per heavy atom. The van der Waals surface area contributed by atoms with Crippen molar-refractivity contribution < 1.29 is 9.59 Å². The molecule has 2 amide bonds. The van der Waals surface area contributed by atoms with Crippen LogP contribution in [-0.4, -0.2) is 17.1 Å². The van der Waals surface area contributed by atoms with E-state index in [9.17, 15) is 9.59 Å². The van der Waals surface area contributed by atoms with E-state index in [1.165, 1.54) is 11.8 Å². The fourth-order valence-electron chi connectivity index (χ4n) is 2.17. The molecule has 2 aromatic rings. The van der Waals surface area contributed by atoms with Gasteiger partial charge in [-0.2, -0.15) is 0 Å². The lowest BCUT2D eigenvalue weighted by molar-refractivity contribution is -0.115. The summed E-state index contributed by atoms with van der Waals surface area (Å²) in [6.45, 7) is 1.85. The third-order valence-corrected chi connectivity index (χ3v) is 5.14. The first-order valence-corrected chi connectivity index (χ1v) is 8.72. The molecule has 0 aliphatic carbocycles. The highest BCUT2D eigenvalue weighted by molar-refractivity contribution is 8.01. The lowest BCUT2D eigenvalue weighted by Gasteiger charge is -2.21. The van der Waals surface area contributed by atoms with Crippen LogP contribution in [0.1, 0.15) is 17.3 Å². The zero-order valence-corrected chi connectivity index (χ0v) is 14.0. The number of carbonyl (C=O) groups excluding carboxylic acids is 2. The highest BCUT2D eigenvalue weighted by Gasteiger charge is 2.23. The van der Waals surface area contributed by atoms with Crippen molar-refractivity contribution in [2.75, 3.05) is 10.6 Å². The number of anilines is 2. The van der Waals surface area contributed by atoms with Gasteiger partial charge in [0.25, 0.3) is 5.91 Å². The zero-order chi connectivity index (χ0) is 16.4. The number of thioether (sulfide) groups is 1. The van der Waals surface area contributed by atoms with Gasteiger partial charge in [0.15, 0.2) is 0 Å². The quantitative estimate of drug-likeness (QED) is 0.743. The molecule has 0 fully saturated rings. The molecule has 0 spiro atoms. The van der Waals surface area contributed by atoms with Crippen LogP contribution >= 0.6 is 23.7 Å². The molecular formula is C16H15N3O2S2. The summed E-state index contributed by atoms with van der Waals surface area (Å²) in [4.78, 5) is 26.0. The Labute approximate surface area is 142 Å². The van der Waals surface area contributed by atoms with Gasteiger partial charge < -0.3 is 10.6 Å². The van der Waals surface area contributed by atoms with Crippen LogP contribution in [0.4, 0.5) is 11.4 Å². The molecule has 0 saturated carbocycles. The highest BCUT2D eigenvalue weighted by atomic mass is 32.2.